The van der Waals surface area contributed by atoms with Crippen molar-refractivity contribution in [3.63, 3.8) is 0 Å². The first-order chi connectivity index (χ1) is 8.61. The van der Waals surface area contributed by atoms with Crippen molar-refractivity contribution in [2.24, 2.45) is 0 Å². The van der Waals surface area contributed by atoms with E-state index >= 15 is 0 Å². The summed E-state index contributed by atoms with van der Waals surface area (Å²) in [5.41, 5.74) is 0. The van der Waals surface area contributed by atoms with E-state index in [0.29, 0.717) is 28.0 Å². The van der Waals surface area contributed by atoms with E-state index in [1.165, 1.54) is 16.7 Å². The number of aryl methyl sites for hydroxylation is 1. The van der Waals surface area contributed by atoms with Gasteiger partial charge in [0.2, 0.25) is 0 Å². The lowest BCUT2D eigenvalue weighted by atomic mass is 10.3. The van der Waals surface area contributed by atoms with Gasteiger partial charge in [-0.25, -0.2) is 0 Å². The number of aliphatic hydroxyl groups is 1. The summed E-state index contributed by atoms with van der Waals surface area (Å²) in [6.07, 6.45) is 2.23. The van der Waals surface area contributed by atoms with E-state index in [2.05, 4.69) is 0 Å². The van der Waals surface area contributed by atoms with E-state index in [9.17, 15) is 4.79 Å². The molecule has 1 aromatic rings. The van der Waals surface area contributed by atoms with E-state index < -0.39 is 0 Å². The van der Waals surface area contributed by atoms with Crippen molar-refractivity contribution in [3.8, 4) is 0 Å². The molecule has 0 spiro atoms. The average Bonchev–Trinajstić information content (AvgIpc) is 2.84. The van der Waals surface area contributed by atoms with Crippen LogP contribution in [0.5, 0.6) is 0 Å². The summed E-state index contributed by atoms with van der Waals surface area (Å²) in [6.45, 7) is 2.35. The number of nitrogens with zero attached hydrogens (tertiary/aromatic N) is 1. The molecule has 0 saturated carbocycles. The minimum Gasteiger partial charge on any atom is -0.462 e. The smallest absolute Gasteiger partial charge is 0.266 e. The maximum absolute atomic E-state index is 12.1. The van der Waals surface area contributed by atoms with E-state index in [4.69, 9.17) is 21.7 Å². The second-order valence-electron chi connectivity index (χ2n) is 3.86. The number of carbonyl (C=O) groups is 1. The van der Waals surface area contributed by atoms with Gasteiger partial charge in [0.05, 0.1) is 4.91 Å². The van der Waals surface area contributed by atoms with E-state index in [1.54, 1.807) is 6.08 Å². The van der Waals surface area contributed by atoms with Crippen molar-refractivity contribution in [2.45, 2.75) is 13.3 Å². The fourth-order valence-electron chi connectivity index (χ4n) is 1.58. The Morgan fingerprint density at radius 3 is 2.94 bits per heavy atom. The molecule has 1 fully saturated rings. The minimum absolute atomic E-state index is 0.0491. The van der Waals surface area contributed by atoms with Gasteiger partial charge in [0.25, 0.3) is 5.91 Å². The Morgan fingerprint density at radius 1 is 1.56 bits per heavy atom. The van der Waals surface area contributed by atoms with Crippen LogP contribution >= 0.6 is 24.0 Å². The van der Waals surface area contributed by atoms with Gasteiger partial charge in [-0.1, -0.05) is 24.0 Å². The highest BCUT2D eigenvalue weighted by molar-refractivity contribution is 8.26. The maximum atomic E-state index is 12.1. The van der Waals surface area contributed by atoms with Gasteiger partial charge in [0.15, 0.2) is 0 Å². The molecule has 1 aliphatic rings. The Kier molecular flexibility index (Phi) is 4.21. The zero-order valence-corrected chi connectivity index (χ0v) is 11.5. The molecule has 1 aliphatic heterocycles. The first-order valence-electron chi connectivity index (χ1n) is 5.54. The molecule has 4 nitrogen and oxygen atoms in total. The van der Waals surface area contributed by atoms with Crippen LogP contribution in [0, 0.1) is 6.92 Å². The monoisotopic (exact) mass is 283 g/mol. The van der Waals surface area contributed by atoms with Gasteiger partial charge in [-0.15, -0.1) is 0 Å². The molecule has 1 N–H and O–H groups in total. The normalized spacial score (nSPS) is 18.1. The fraction of sp³-hybridized carbons (Fsp3) is 0.333. The standard InChI is InChI=1S/C12H13NO3S2/c1-8-3-4-9(16-8)7-10-11(15)13(5-2-6-14)12(17)18-10/h3-4,7,14H,2,5-6H2,1H3/b10-7-. The Morgan fingerprint density at radius 2 is 2.33 bits per heavy atom. The second kappa shape index (κ2) is 5.69. The van der Waals surface area contributed by atoms with Crippen molar-refractivity contribution >= 4 is 40.3 Å². The van der Waals surface area contributed by atoms with Crippen LogP contribution in [0.1, 0.15) is 17.9 Å². The van der Waals surface area contributed by atoms with Gasteiger partial charge >= 0.3 is 0 Å². The average molecular weight is 283 g/mol. The van der Waals surface area contributed by atoms with Crippen LogP contribution in [0.25, 0.3) is 6.08 Å². The lowest BCUT2D eigenvalue weighted by molar-refractivity contribution is -0.122. The van der Waals surface area contributed by atoms with Gasteiger partial charge in [-0.05, 0) is 25.5 Å². The quantitative estimate of drug-likeness (QED) is 0.678. The van der Waals surface area contributed by atoms with Crippen molar-refractivity contribution in [1.29, 1.82) is 0 Å². The fourth-order valence-corrected chi connectivity index (χ4v) is 2.87. The third-order valence-electron chi connectivity index (χ3n) is 2.45. The van der Waals surface area contributed by atoms with Crippen molar-refractivity contribution < 1.29 is 14.3 Å². The number of hydrogen-bond donors (Lipinski definition) is 1. The van der Waals surface area contributed by atoms with E-state index in [-0.39, 0.29) is 12.5 Å². The van der Waals surface area contributed by atoms with Gasteiger partial charge < -0.3 is 9.52 Å². The molecule has 96 valence electrons. The van der Waals surface area contributed by atoms with Crippen LogP contribution in [0.2, 0.25) is 0 Å². The molecular formula is C12H13NO3S2. The third kappa shape index (κ3) is 2.82. The molecule has 1 aromatic heterocycles. The first-order valence-corrected chi connectivity index (χ1v) is 6.77. The van der Waals surface area contributed by atoms with Gasteiger partial charge in [0.1, 0.15) is 15.8 Å². The SMILES string of the molecule is Cc1ccc(/C=C2\SC(=S)N(CCCO)C2=O)o1. The van der Waals surface area contributed by atoms with Crippen LogP contribution in [-0.4, -0.2) is 33.4 Å². The molecule has 0 aromatic carbocycles. The highest BCUT2D eigenvalue weighted by atomic mass is 32.2. The molecule has 1 amide bonds. The molecule has 0 bridgehead atoms. The third-order valence-corrected chi connectivity index (χ3v) is 3.83. The lowest BCUT2D eigenvalue weighted by Crippen LogP contribution is -2.29. The predicted molar refractivity (Wildman–Crippen MR) is 75.0 cm³/mol. The summed E-state index contributed by atoms with van der Waals surface area (Å²) in [5, 5.41) is 8.79. The van der Waals surface area contributed by atoms with Crippen LogP contribution < -0.4 is 0 Å². The maximum Gasteiger partial charge on any atom is 0.266 e. The van der Waals surface area contributed by atoms with Gasteiger partial charge in [-0.2, -0.15) is 0 Å². The largest absolute Gasteiger partial charge is 0.462 e. The molecular weight excluding hydrogens is 270 g/mol. The van der Waals surface area contributed by atoms with Crippen LogP contribution in [0.3, 0.4) is 0 Å². The number of hydrogen-bond acceptors (Lipinski definition) is 5. The number of aliphatic hydroxyl groups excluding tert-OH is 1. The predicted octanol–water partition coefficient (Wildman–Crippen LogP) is 2.17. The van der Waals surface area contributed by atoms with Crippen molar-refractivity contribution in [2.75, 3.05) is 13.2 Å². The number of thioether (sulfide) groups is 1. The number of amides is 1. The highest BCUT2D eigenvalue weighted by Crippen LogP contribution is 2.32. The zero-order chi connectivity index (χ0) is 13.1. The number of thiocarbonyl (C=S) groups is 1. The number of carbonyl (C=O) groups excluding carboxylic acids is 1. The molecule has 2 heterocycles. The van der Waals surface area contributed by atoms with Crippen molar-refractivity contribution in [3.05, 3.63) is 28.6 Å². The topological polar surface area (TPSA) is 53.7 Å². The minimum atomic E-state index is -0.118. The summed E-state index contributed by atoms with van der Waals surface area (Å²) in [7, 11) is 0. The molecule has 2 rings (SSSR count). The summed E-state index contributed by atoms with van der Waals surface area (Å²) < 4.78 is 5.93. The van der Waals surface area contributed by atoms with Crippen molar-refractivity contribution in [1.82, 2.24) is 4.90 Å². The van der Waals surface area contributed by atoms with Crippen LogP contribution in [0.4, 0.5) is 0 Å². The summed E-state index contributed by atoms with van der Waals surface area (Å²) in [5.74, 6) is 1.33. The molecule has 0 atom stereocenters. The number of furan rings is 1. The van der Waals surface area contributed by atoms with E-state index in [0.717, 1.165) is 5.76 Å². The molecule has 18 heavy (non-hydrogen) atoms. The summed E-state index contributed by atoms with van der Waals surface area (Å²) in [4.78, 5) is 14.1. The summed E-state index contributed by atoms with van der Waals surface area (Å²) >= 11 is 6.41. The summed E-state index contributed by atoms with van der Waals surface area (Å²) in [6, 6.07) is 3.66. The zero-order valence-electron chi connectivity index (χ0n) is 9.88. The van der Waals surface area contributed by atoms with Crippen LogP contribution in [0.15, 0.2) is 21.5 Å². The lowest BCUT2D eigenvalue weighted by Gasteiger charge is -2.12. The Bertz CT molecular complexity index is 507. The molecule has 1 saturated heterocycles. The highest BCUT2D eigenvalue weighted by Gasteiger charge is 2.31. The number of rotatable bonds is 4. The Balaban J connectivity index is 2.14. The Labute approximate surface area is 115 Å². The molecule has 0 unspecified atom stereocenters. The molecule has 0 radical (unpaired) electrons. The molecule has 0 aliphatic carbocycles. The van der Waals surface area contributed by atoms with Gasteiger partial charge in [0, 0.05) is 19.2 Å². The van der Waals surface area contributed by atoms with E-state index in [1.807, 2.05) is 19.1 Å². The van der Waals surface area contributed by atoms with Crippen LogP contribution in [-0.2, 0) is 4.79 Å². The Hall–Kier alpha value is -1.11. The van der Waals surface area contributed by atoms with Gasteiger partial charge in [-0.3, -0.25) is 9.69 Å². The second-order valence-corrected chi connectivity index (χ2v) is 5.53. The molecule has 6 heteroatoms. The first kappa shape index (κ1) is 13.3.